The van der Waals surface area contributed by atoms with Gasteiger partial charge in [0.25, 0.3) is 0 Å². The summed E-state index contributed by atoms with van der Waals surface area (Å²) >= 11 is 0. The summed E-state index contributed by atoms with van der Waals surface area (Å²) < 4.78 is 5.44. The van der Waals surface area contributed by atoms with E-state index in [9.17, 15) is 9.59 Å². The first-order chi connectivity index (χ1) is 14.6. The van der Waals surface area contributed by atoms with Crippen molar-refractivity contribution in [3.63, 3.8) is 0 Å². The quantitative estimate of drug-likeness (QED) is 0.615. The van der Waals surface area contributed by atoms with Crippen molar-refractivity contribution < 1.29 is 14.3 Å². The minimum atomic E-state index is -0.453. The van der Waals surface area contributed by atoms with Crippen LogP contribution in [0.3, 0.4) is 0 Å². The number of nitrogens with one attached hydrogen (secondary N) is 3. The summed E-state index contributed by atoms with van der Waals surface area (Å²) in [7, 11) is 0. The SMILES string of the molecule is CC(=O)Nc1ccc(NC(=O)Nc2nc(N3CCOCC3)c3ccccc3n2)cc1. The fraction of sp³-hybridized carbons (Fsp3) is 0.238. The lowest BCUT2D eigenvalue weighted by molar-refractivity contribution is -0.114. The Balaban J connectivity index is 1.51. The Morgan fingerprint density at radius 3 is 2.27 bits per heavy atom. The van der Waals surface area contributed by atoms with E-state index in [1.165, 1.54) is 6.92 Å². The molecule has 2 aromatic carbocycles. The van der Waals surface area contributed by atoms with Crippen molar-refractivity contribution >= 4 is 46.0 Å². The van der Waals surface area contributed by atoms with E-state index >= 15 is 0 Å². The minimum Gasteiger partial charge on any atom is -0.378 e. The van der Waals surface area contributed by atoms with Gasteiger partial charge in [-0.25, -0.2) is 9.78 Å². The molecule has 0 unspecified atom stereocenters. The van der Waals surface area contributed by atoms with Crippen LogP contribution in [-0.2, 0) is 9.53 Å². The van der Waals surface area contributed by atoms with Crippen LogP contribution in [0.1, 0.15) is 6.92 Å². The molecule has 1 fully saturated rings. The normalized spacial score (nSPS) is 13.7. The summed E-state index contributed by atoms with van der Waals surface area (Å²) in [4.78, 5) is 34.8. The lowest BCUT2D eigenvalue weighted by Crippen LogP contribution is -2.37. The number of carbonyl (C=O) groups excluding carboxylic acids is 2. The summed E-state index contributed by atoms with van der Waals surface area (Å²) in [5.41, 5.74) is 1.99. The highest BCUT2D eigenvalue weighted by molar-refractivity contribution is 6.00. The van der Waals surface area contributed by atoms with Crippen molar-refractivity contribution in [1.29, 1.82) is 0 Å². The van der Waals surface area contributed by atoms with E-state index in [-0.39, 0.29) is 11.9 Å². The van der Waals surface area contributed by atoms with Crippen LogP contribution in [0.15, 0.2) is 48.5 Å². The fourth-order valence-corrected chi connectivity index (χ4v) is 3.24. The summed E-state index contributed by atoms with van der Waals surface area (Å²) in [5.74, 6) is 0.847. The van der Waals surface area contributed by atoms with Crippen molar-refractivity contribution in [3.8, 4) is 0 Å². The molecule has 30 heavy (non-hydrogen) atoms. The molecule has 3 N–H and O–H groups in total. The number of benzene rings is 2. The van der Waals surface area contributed by atoms with Gasteiger partial charge in [0, 0.05) is 36.8 Å². The molecule has 154 valence electrons. The highest BCUT2D eigenvalue weighted by atomic mass is 16.5. The molecular weight excluding hydrogens is 384 g/mol. The molecular formula is C21H22N6O3. The Morgan fingerprint density at radius 2 is 1.57 bits per heavy atom. The van der Waals surface area contributed by atoms with Gasteiger partial charge in [0.1, 0.15) is 5.82 Å². The molecule has 1 aromatic heterocycles. The summed E-state index contributed by atoms with van der Waals surface area (Å²) in [6.07, 6.45) is 0. The third-order valence-electron chi connectivity index (χ3n) is 4.58. The summed E-state index contributed by atoms with van der Waals surface area (Å²) in [5, 5.41) is 9.06. The van der Waals surface area contributed by atoms with Gasteiger partial charge in [-0.05, 0) is 36.4 Å². The standard InChI is InChI=1S/C21H22N6O3/c1-14(28)22-15-6-8-16(9-7-15)23-21(29)26-20-24-18-5-3-2-4-17(18)19(25-20)27-10-12-30-13-11-27/h2-9H,10-13H2,1H3,(H,22,28)(H2,23,24,25,26,29). The predicted octanol–water partition coefficient (Wildman–Crippen LogP) is 3.07. The molecule has 9 nitrogen and oxygen atoms in total. The molecule has 3 amide bonds. The third-order valence-corrected chi connectivity index (χ3v) is 4.58. The fourth-order valence-electron chi connectivity index (χ4n) is 3.24. The second-order valence-electron chi connectivity index (χ2n) is 6.83. The van der Waals surface area contributed by atoms with Gasteiger partial charge in [0.15, 0.2) is 0 Å². The lowest BCUT2D eigenvalue weighted by atomic mass is 10.2. The number of ether oxygens (including phenoxy) is 1. The summed E-state index contributed by atoms with van der Waals surface area (Å²) in [6, 6.07) is 14.1. The van der Waals surface area contributed by atoms with Crippen LogP contribution in [0.2, 0.25) is 0 Å². The lowest BCUT2D eigenvalue weighted by Gasteiger charge is -2.28. The first-order valence-electron chi connectivity index (χ1n) is 9.63. The zero-order valence-electron chi connectivity index (χ0n) is 16.5. The molecule has 0 saturated carbocycles. The van der Waals surface area contributed by atoms with Gasteiger partial charge in [-0.1, -0.05) is 12.1 Å². The topological polar surface area (TPSA) is 108 Å². The predicted molar refractivity (Wildman–Crippen MR) is 116 cm³/mol. The number of anilines is 4. The van der Waals surface area contributed by atoms with Crippen LogP contribution < -0.4 is 20.9 Å². The molecule has 4 rings (SSSR count). The zero-order valence-corrected chi connectivity index (χ0v) is 16.5. The first kappa shape index (κ1) is 19.6. The Labute approximate surface area is 173 Å². The Kier molecular flexibility index (Phi) is 5.71. The van der Waals surface area contributed by atoms with Crippen LogP contribution in [0, 0.1) is 0 Å². The van der Waals surface area contributed by atoms with E-state index < -0.39 is 6.03 Å². The molecule has 0 atom stereocenters. The van der Waals surface area contributed by atoms with Gasteiger partial charge in [0.05, 0.1) is 18.7 Å². The second-order valence-corrected chi connectivity index (χ2v) is 6.83. The van der Waals surface area contributed by atoms with E-state index in [1.54, 1.807) is 24.3 Å². The highest BCUT2D eigenvalue weighted by Gasteiger charge is 2.18. The van der Waals surface area contributed by atoms with Gasteiger partial charge in [-0.3, -0.25) is 10.1 Å². The van der Waals surface area contributed by atoms with Crippen molar-refractivity contribution in [3.05, 3.63) is 48.5 Å². The maximum absolute atomic E-state index is 12.5. The first-order valence-corrected chi connectivity index (χ1v) is 9.63. The number of hydrogen-bond donors (Lipinski definition) is 3. The number of aromatic nitrogens is 2. The van der Waals surface area contributed by atoms with Crippen molar-refractivity contribution in [2.24, 2.45) is 0 Å². The third kappa shape index (κ3) is 4.64. The van der Waals surface area contributed by atoms with E-state index in [0.29, 0.717) is 24.6 Å². The number of fused-ring (bicyclic) bond motifs is 1. The Morgan fingerprint density at radius 1 is 0.900 bits per heavy atom. The minimum absolute atomic E-state index is 0.155. The highest BCUT2D eigenvalue weighted by Crippen LogP contribution is 2.26. The number of morpholine rings is 1. The van der Waals surface area contributed by atoms with Gasteiger partial charge >= 0.3 is 6.03 Å². The van der Waals surface area contributed by atoms with Gasteiger partial charge in [-0.15, -0.1) is 0 Å². The van der Waals surface area contributed by atoms with Crippen LogP contribution in [0.4, 0.5) is 27.9 Å². The van der Waals surface area contributed by atoms with E-state index in [4.69, 9.17) is 4.74 Å². The molecule has 2 heterocycles. The maximum atomic E-state index is 12.5. The largest absolute Gasteiger partial charge is 0.378 e. The monoisotopic (exact) mass is 406 g/mol. The number of para-hydroxylation sites is 1. The second kappa shape index (κ2) is 8.75. The number of rotatable bonds is 4. The van der Waals surface area contributed by atoms with Crippen LogP contribution in [0.5, 0.6) is 0 Å². The molecule has 1 saturated heterocycles. The van der Waals surface area contributed by atoms with Crippen molar-refractivity contribution in [2.75, 3.05) is 47.2 Å². The summed E-state index contributed by atoms with van der Waals surface area (Å²) in [6.45, 7) is 4.17. The number of amides is 3. The van der Waals surface area contributed by atoms with E-state index in [2.05, 4.69) is 30.8 Å². The molecule has 1 aliphatic rings. The van der Waals surface area contributed by atoms with Gasteiger partial charge in [-0.2, -0.15) is 4.98 Å². The van der Waals surface area contributed by atoms with Crippen molar-refractivity contribution in [1.82, 2.24) is 9.97 Å². The van der Waals surface area contributed by atoms with Gasteiger partial charge in [0.2, 0.25) is 11.9 Å². The number of hydrogen-bond acceptors (Lipinski definition) is 6. The number of nitrogens with zero attached hydrogens (tertiary/aromatic N) is 3. The van der Waals surface area contributed by atoms with Crippen LogP contribution in [-0.4, -0.2) is 48.2 Å². The Bertz CT molecular complexity index is 1060. The average molecular weight is 406 g/mol. The van der Waals surface area contributed by atoms with E-state index in [1.807, 2.05) is 24.3 Å². The molecule has 0 radical (unpaired) electrons. The van der Waals surface area contributed by atoms with Crippen LogP contribution in [0.25, 0.3) is 10.9 Å². The number of carbonyl (C=O) groups is 2. The molecule has 3 aromatic rings. The molecule has 0 aliphatic carbocycles. The molecule has 0 bridgehead atoms. The maximum Gasteiger partial charge on any atom is 0.326 e. The zero-order chi connectivity index (χ0) is 20.9. The average Bonchev–Trinajstić information content (AvgIpc) is 2.75. The smallest absolute Gasteiger partial charge is 0.326 e. The Hall–Kier alpha value is -3.72. The van der Waals surface area contributed by atoms with Gasteiger partial charge < -0.3 is 20.3 Å². The van der Waals surface area contributed by atoms with Crippen LogP contribution >= 0.6 is 0 Å². The van der Waals surface area contributed by atoms with E-state index in [0.717, 1.165) is 29.8 Å². The van der Waals surface area contributed by atoms with Crippen molar-refractivity contribution in [2.45, 2.75) is 6.92 Å². The molecule has 1 aliphatic heterocycles. The molecule has 0 spiro atoms. The molecule has 9 heteroatoms. The number of urea groups is 1.